The predicted octanol–water partition coefficient (Wildman–Crippen LogP) is 0.198. The number of carbonyl (C=O) groups is 1. The molecule has 0 saturated heterocycles. The lowest BCUT2D eigenvalue weighted by atomic mass is 10.3. The van der Waals surface area contributed by atoms with Gasteiger partial charge in [-0.25, -0.2) is 8.42 Å². The number of amidine groups is 1. The molecule has 0 radical (unpaired) electrons. The summed E-state index contributed by atoms with van der Waals surface area (Å²) in [5, 5.41) is 12.6. The highest BCUT2D eigenvalue weighted by molar-refractivity contribution is 8.14. The molecular formula is C12H14ClN3O4S2. The van der Waals surface area contributed by atoms with E-state index in [4.69, 9.17) is 11.6 Å². The van der Waals surface area contributed by atoms with Crippen LogP contribution in [-0.2, 0) is 14.8 Å². The molecule has 1 aliphatic rings. The summed E-state index contributed by atoms with van der Waals surface area (Å²) in [5.74, 6) is 0.101. The first-order chi connectivity index (χ1) is 10.4. The number of carbonyl (C=O) groups excluding carboxylic acids is 1. The lowest BCUT2D eigenvalue weighted by molar-refractivity contribution is -0.122. The van der Waals surface area contributed by atoms with Gasteiger partial charge in [-0.2, -0.15) is 4.72 Å². The van der Waals surface area contributed by atoms with Crippen LogP contribution in [-0.4, -0.2) is 49.5 Å². The Hall–Kier alpha value is -1.13. The van der Waals surface area contributed by atoms with E-state index in [0.717, 1.165) is 5.75 Å². The maximum atomic E-state index is 12.2. The number of thioether (sulfide) groups is 1. The molecule has 0 aliphatic carbocycles. The molecule has 7 nitrogen and oxygen atoms in total. The minimum atomic E-state index is -3.94. The Morgan fingerprint density at radius 2 is 2.09 bits per heavy atom. The Bertz CT molecular complexity index is 676. The summed E-state index contributed by atoms with van der Waals surface area (Å²) in [4.78, 5) is 16.0. The summed E-state index contributed by atoms with van der Waals surface area (Å²) < 4.78 is 26.5. The molecule has 3 N–H and O–H groups in total. The monoisotopic (exact) mass is 363 g/mol. The van der Waals surface area contributed by atoms with Crippen molar-refractivity contribution in [3.05, 3.63) is 29.3 Å². The zero-order valence-electron chi connectivity index (χ0n) is 11.3. The van der Waals surface area contributed by atoms with Gasteiger partial charge in [0.15, 0.2) is 5.17 Å². The van der Waals surface area contributed by atoms with E-state index >= 15 is 0 Å². The van der Waals surface area contributed by atoms with Crippen LogP contribution < -0.4 is 10.0 Å². The summed E-state index contributed by atoms with van der Waals surface area (Å²) in [7, 11) is -3.94. The van der Waals surface area contributed by atoms with Crippen LogP contribution in [0.5, 0.6) is 0 Å². The molecule has 0 fully saturated rings. The predicted molar refractivity (Wildman–Crippen MR) is 85.6 cm³/mol. The van der Waals surface area contributed by atoms with Crippen LogP contribution in [0, 0.1) is 0 Å². The molecule has 1 amide bonds. The first kappa shape index (κ1) is 17.2. The third kappa shape index (κ3) is 4.43. The zero-order chi connectivity index (χ0) is 16.2. The lowest BCUT2D eigenvalue weighted by Crippen LogP contribution is -2.49. The highest BCUT2D eigenvalue weighted by Crippen LogP contribution is 2.14. The average molecular weight is 364 g/mol. The number of nitrogens with zero attached hydrogens (tertiary/aromatic N) is 1. The Balaban J connectivity index is 2.07. The number of aliphatic imine (C=N–C) groups is 1. The average Bonchev–Trinajstić information content (AvgIpc) is 2.98. The smallest absolute Gasteiger partial charge is 0.246 e. The highest BCUT2D eigenvalue weighted by atomic mass is 35.5. The number of nitrogens with one attached hydrogen (secondary N) is 2. The summed E-state index contributed by atoms with van der Waals surface area (Å²) >= 11 is 7.06. The van der Waals surface area contributed by atoms with Crippen LogP contribution in [0.25, 0.3) is 0 Å². The first-order valence-corrected chi connectivity index (χ1v) is 9.14. The van der Waals surface area contributed by atoms with Crippen molar-refractivity contribution in [3.8, 4) is 0 Å². The van der Waals surface area contributed by atoms with Crippen molar-refractivity contribution >= 4 is 44.5 Å². The Labute approximate surface area is 137 Å². The normalized spacial score (nSPS) is 16.2. The van der Waals surface area contributed by atoms with E-state index in [1.54, 1.807) is 0 Å². The molecular weight excluding hydrogens is 350 g/mol. The molecule has 10 heteroatoms. The van der Waals surface area contributed by atoms with Gasteiger partial charge in [0.05, 0.1) is 18.0 Å². The second kappa shape index (κ2) is 7.42. The number of aliphatic hydroxyl groups is 1. The molecule has 0 aromatic heterocycles. The molecule has 0 spiro atoms. The Morgan fingerprint density at radius 3 is 2.64 bits per heavy atom. The van der Waals surface area contributed by atoms with E-state index in [1.807, 2.05) is 0 Å². The van der Waals surface area contributed by atoms with Gasteiger partial charge in [-0.15, -0.1) is 0 Å². The molecule has 1 aliphatic heterocycles. The van der Waals surface area contributed by atoms with Crippen molar-refractivity contribution in [2.45, 2.75) is 10.9 Å². The maximum Gasteiger partial charge on any atom is 0.246 e. The van der Waals surface area contributed by atoms with Gasteiger partial charge >= 0.3 is 0 Å². The third-order valence-electron chi connectivity index (χ3n) is 2.74. The van der Waals surface area contributed by atoms with Crippen LogP contribution in [0.1, 0.15) is 0 Å². The van der Waals surface area contributed by atoms with Crippen LogP contribution in [0.15, 0.2) is 34.2 Å². The number of hydrogen-bond acceptors (Lipinski definition) is 6. The number of benzene rings is 1. The van der Waals surface area contributed by atoms with E-state index in [1.165, 1.54) is 36.0 Å². The van der Waals surface area contributed by atoms with Gasteiger partial charge in [-0.05, 0) is 24.3 Å². The van der Waals surface area contributed by atoms with Crippen molar-refractivity contribution in [2.24, 2.45) is 4.99 Å². The van der Waals surface area contributed by atoms with E-state index < -0.39 is 28.6 Å². The van der Waals surface area contributed by atoms with Gasteiger partial charge in [0.1, 0.15) is 6.04 Å². The number of hydrogen-bond donors (Lipinski definition) is 3. The molecule has 22 heavy (non-hydrogen) atoms. The van der Waals surface area contributed by atoms with Crippen molar-refractivity contribution in [1.82, 2.24) is 10.0 Å². The molecule has 1 unspecified atom stereocenters. The molecule has 1 aromatic rings. The summed E-state index contributed by atoms with van der Waals surface area (Å²) in [6.07, 6.45) is 0. The lowest BCUT2D eigenvalue weighted by Gasteiger charge is -2.16. The fourth-order valence-electron chi connectivity index (χ4n) is 1.65. The van der Waals surface area contributed by atoms with Crippen LogP contribution >= 0.6 is 23.4 Å². The summed E-state index contributed by atoms with van der Waals surface area (Å²) in [6, 6.07) is 4.17. The van der Waals surface area contributed by atoms with Gasteiger partial charge < -0.3 is 10.4 Å². The van der Waals surface area contributed by atoms with Gasteiger partial charge in [-0.1, -0.05) is 23.4 Å². The van der Waals surface area contributed by atoms with Crippen LogP contribution in [0.3, 0.4) is 0 Å². The molecule has 1 aromatic carbocycles. The highest BCUT2D eigenvalue weighted by Gasteiger charge is 2.26. The molecule has 0 saturated carbocycles. The molecule has 1 heterocycles. The van der Waals surface area contributed by atoms with Crippen molar-refractivity contribution < 1.29 is 18.3 Å². The quantitative estimate of drug-likeness (QED) is 0.692. The Kier molecular flexibility index (Phi) is 5.81. The van der Waals surface area contributed by atoms with Gasteiger partial charge in [0.2, 0.25) is 15.9 Å². The third-order valence-corrected chi connectivity index (χ3v) is 5.37. The van der Waals surface area contributed by atoms with Crippen LogP contribution in [0.4, 0.5) is 0 Å². The Morgan fingerprint density at radius 1 is 1.41 bits per heavy atom. The molecule has 2 rings (SSSR count). The van der Waals surface area contributed by atoms with Crippen molar-refractivity contribution in [3.63, 3.8) is 0 Å². The summed E-state index contributed by atoms with van der Waals surface area (Å²) in [5.41, 5.74) is 0. The second-order valence-electron chi connectivity index (χ2n) is 4.33. The minimum absolute atomic E-state index is 0.0456. The van der Waals surface area contributed by atoms with E-state index in [2.05, 4.69) is 15.0 Å². The fourth-order valence-corrected chi connectivity index (χ4v) is 3.69. The number of rotatable bonds is 5. The van der Waals surface area contributed by atoms with Gasteiger partial charge in [0, 0.05) is 10.8 Å². The van der Waals surface area contributed by atoms with Gasteiger partial charge in [0.25, 0.3) is 0 Å². The largest absolute Gasteiger partial charge is 0.394 e. The minimum Gasteiger partial charge on any atom is -0.394 e. The number of amides is 1. The number of aliphatic hydroxyl groups excluding tert-OH is 1. The summed E-state index contributed by atoms with van der Waals surface area (Å²) in [6.45, 7) is -0.0722. The van der Waals surface area contributed by atoms with Crippen molar-refractivity contribution in [2.75, 3.05) is 18.9 Å². The zero-order valence-corrected chi connectivity index (χ0v) is 13.7. The van der Waals surface area contributed by atoms with E-state index in [9.17, 15) is 18.3 Å². The maximum absolute atomic E-state index is 12.2. The van der Waals surface area contributed by atoms with E-state index in [0.29, 0.717) is 16.7 Å². The fraction of sp³-hybridized carbons (Fsp3) is 0.333. The van der Waals surface area contributed by atoms with E-state index in [-0.39, 0.29) is 4.90 Å². The standard InChI is InChI=1S/C12H14ClN3O4S2/c13-8-1-3-9(4-2-8)22(19,20)16-10(7-17)11(18)15-12-14-5-6-21-12/h1-4,10,16-17H,5-7H2,(H,14,15,18). The SMILES string of the molecule is O=C(NC1=NCCS1)C(CO)NS(=O)(=O)c1ccc(Cl)cc1. The van der Waals surface area contributed by atoms with Crippen molar-refractivity contribution in [1.29, 1.82) is 0 Å². The topological polar surface area (TPSA) is 108 Å². The number of sulfonamides is 1. The molecule has 1 atom stereocenters. The first-order valence-electron chi connectivity index (χ1n) is 6.29. The van der Waals surface area contributed by atoms with Gasteiger partial charge in [-0.3, -0.25) is 9.79 Å². The molecule has 120 valence electrons. The second-order valence-corrected chi connectivity index (χ2v) is 7.57. The van der Waals surface area contributed by atoms with Crippen LogP contribution in [0.2, 0.25) is 5.02 Å². The molecule has 0 bridgehead atoms. The number of halogens is 1.